The molecule has 2 aromatic carbocycles. The first kappa shape index (κ1) is 29.1. The SMILES string of the molecule is CCOC(=O)C[C@@H]1[C@@H](Cc2ccccc2)N(C(=O)OC(C)(C)C)CCN1S(=O)(=O)c1ccccc1[N+](=O)[O-]. The molecular formula is C26H33N3O8S. The van der Waals surface area contributed by atoms with Gasteiger partial charge < -0.3 is 14.4 Å². The van der Waals surface area contributed by atoms with E-state index in [0.29, 0.717) is 0 Å². The van der Waals surface area contributed by atoms with E-state index in [0.717, 1.165) is 15.9 Å². The second kappa shape index (κ2) is 11.9. The van der Waals surface area contributed by atoms with Crippen LogP contribution in [-0.2, 0) is 30.7 Å². The number of hydrogen-bond acceptors (Lipinski definition) is 8. The highest BCUT2D eigenvalue weighted by atomic mass is 32.2. The van der Waals surface area contributed by atoms with Crippen LogP contribution >= 0.6 is 0 Å². The maximum atomic E-state index is 13.9. The molecule has 0 unspecified atom stereocenters. The molecule has 1 heterocycles. The molecule has 206 valence electrons. The normalized spacial score (nSPS) is 18.6. The number of benzene rings is 2. The maximum Gasteiger partial charge on any atom is 0.410 e. The molecule has 2 atom stereocenters. The summed E-state index contributed by atoms with van der Waals surface area (Å²) in [6.45, 7) is 6.67. The third-order valence-electron chi connectivity index (χ3n) is 6.02. The first-order chi connectivity index (χ1) is 17.8. The highest BCUT2D eigenvalue weighted by Gasteiger charge is 2.47. The van der Waals surface area contributed by atoms with Crippen molar-refractivity contribution >= 4 is 27.8 Å². The zero-order valence-corrected chi connectivity index (χ0v) is 22.7. The lowest BCUT2D eigenvalue weighted by Crippen LogP contribution is -2.64. The van der Waals surface area contributed by atoms with Crippen molar-refractivity contribution in [1.82, 2.24) is 9.21 Å². The number of esters is 1. The number of hydrogen-bond donors (Lipinski definition) is 0. The van der Waals surface area contributed by atoms with Gasteiger partial charge in [-0.2, -0.15) is 4.31 Å². The van der Waals surface area contributed by atoms with Crippen molar-refractivity contribution in [1.29, 1.82) is 0 Å². The van der Waals surface area contributed by atoms with E-state index in [4.69, 9.17) is 9.47 Å². The summed E-state index contributed by atoms with van der Waals surface area (Å²) in [4.78, 5) is 37.8. The number of nitro benzene ring substituents is 1. The number of rotatable bonds is 8. The predicted octanol–water partition coefficient (Wildman–Crippen LogP) is 3.77. The highest BCUT2D eigenvalue weighted by molar-refractivity contribution is 7.89. The van der Waals surface area contributed by atoms with Crippen LogP contribution in [0, 0.1) is 10.1 Å². The Kier molecular flexibility index (Phi) is 9.10. The minimum atomic E-state index is -4.45. The third kappa shape index (κ3) is 6.87. The molecule has 0 aliphatic carbocycles. The fraction of sp³-hybridized carbons (Fsp3) is 0.462. The molecule has 0 saturated carbocycles. The molecule has 38 heavy (non-hydrogen) atoms. The molecule has 0 aromatic heterocycles. The Labute approximate surface area is 222 Å². The van der Waals surface area contributed by atoms with E-state index < -0.39 is 55.3 Å². The Morgan fingerprint density at radius 3 is 2.26 bits per heavy atom. The summed E-state index contributed by atoms with van der Waals surface area (Å²) in [6, 6.07) is 12.3. The van der Waals surface area contributed by atoms with E-state index >= 15 is 0 Å². The van der Waals surface area contributed by atoms with Gasteiger partial charge in [-0.05, 0) is 45.7 Å². The summed E-state index contributed by atoms with van der Waals surface area (Å²) < 4.78 is 39.6. The van der Waals surface area contributed by atoms with Crippen LogP contribution in [0.25, 0.3) is 0 Å². The van der Waals surface area contributed by atoms with Crippen molar-refractivity contribution in [2.45, 2.75) is 63.1 Å². The topological polar surface area (TPSA) is 136 Å². The first-order valence-electron chi connectivity index (χ1n) is 12.3. The quantitative estimate of drug-likeness (QED) is 0.277. The fourth-order valence-corrected chi connectivity index (χ4v) is 6.27. The van der Waals surface area contributed by atoms with E-state index in [1.54, 1.807) is 27.7 Å². The Hall–Kier alpha value is -3.51. The van der Waals surface area contributed by atoms with Crippen LogP contribution in [0.4, 0.5) is 10.5 Å². The van der Waals surface area contributed by atoms with Gasteiger partial charge in [0.25, 0.3) is 5.69 Å². The molecule has 12 heteroatoms. The van der Waals surface area contributed by atoms with E-state index in [2.05, 4.69) is 0 Å². The second-order valence-electron chi connectivity index (χ2n) is 9.85. The Balaban J connectivity index is 2.13. The molecule has 1 amide bonds. The van der Waals surface area contributed by atoms with Crippen LogP contribution in [-0.4, -0.2) is 72.0 Å². The van der Waals surface area contributed by atoms with Gasteiger partial charge in [0.15, 0.2) is 4.90 Å². The fourth-order valence-electron chi connectivity index (χ4n) is 4.47. The molecule has 3 rings (SSSR count). The van der Waals surface area contributed by atoms with Crippen molar-refractivity contribution in [3.05, 3.63) is 70.3 Å². The minimum Gasteiger partial charge on any atom is -0.466 e. The third-order valence-corrected chi connectivity index (χ3v) is 7.99. The number of amides is 1. The van der Waals surface area contributed by atoms with Crippen molar-refractivity contribution in [3.8, 4) is 0 Å². The van der Waals surface area contributed by atoms with Crippen LogP contribution in [0.2, 0.25) is 0 Å². The van der Waals surface area contributed by atoms with Gasteiger partial charge in [0.1, 0.15) is 5.60 Å². The van der Waals surface area contributed by atoms with Crippen molar-refractivity contribution in [3.63, 3.8) is 0 Å². The number of carbonyl (C=O) groups is 2. The van der Waals surface area contributed by atoms with Gasteiger partial charge in [0.2, 0.25) is 10.0 Å². The molecule has 0 spiro atoms. The van der Waals surface area contributed by atoms with Gasteiger partial charge in [-0.3, -0.25) is 14.9 Å². The number of ether oxygens (including phenoxy) is 2. The summed E-state index contributed by atoms with van der Waals surface area (Å²) in [7, 11) is -4.45. The van der Waals surface area contributed by atoms with E-state index in [-0.39, 0.29) is 32.5 Å². The minimum absolute atomic E-state index is 0.0361. The maximum absolute atomic E-state index is 13.9. The van der Waals surface area contributed by atoms with Crippen LogP contribution in [0.3, 0.4) is 0 Å². The monoisotopic (exact) mass is 547 g/mol. The number of nitro groups is 1. The van der Waals surface area contributed by atoms with Crippen LogP contribution in [0.5, 0.6) is 0 Å². The summed E-state index contributed by atoms with van der Waals surface area (Å²) in [5, 5.41) is 11.7. The number of carbonyl (C=O) groups excluding carboxylic acids is 2. The lowest BCUT2D eigenvalue weighted by atomic mass is 9.93. The van der Waals surface area contributed by atoms with E-state index in [1.165, 1.54) is 23.1 Å². The molecule has 1 saturated heterocycles. The Morgan fingerprint density at radius 2 is 1.66 bits per heavy atom. The molecular weight excluding hydrogens is 514 g/mol. The molecule has 1 aliphatic rings. The zero-order chi connectivity index (χ0) is 28.1. The van der Waals surface area contributed by atoms with E-state index in [9.17, 15) is 28.1 Å². The number of piperazine rings is 1. The standard InChI is InChI=1S/C26H33N3O8S/c1-5-36-24(30)18-22-21(17-19-11-7-6-8-12-19)27(25(31)37-26(2,3)4)15-16-28(22)38(34,35)23-14-10-9-13-20(23)29(32)33/h6-14,21-22H,5,15-18H2,1-4H3/t21-,22-/m1/s1. The number of nitrogens with zero attached hydrogens (tertiary/aromatic N) is 3. The van der Waals surface area contributed by atoms with Gasteiger partial charge in [-0.1, -0.05) is 42.5 Å². The van der Waals surface area contributed by atoms with Crippen molar-refractivity contribution < 1.29 is 32.4 Å². The van der Waals surface area contributed by atoms with Gasteiger partial charge in [0.05, 0.1) is 30.0 Å². The summed E-state index contributed by atoms with van der Waals surface area (Å²) in [5.74, 6) is -0.649. The highest BCUT2D eigenvalue weighted by Crippen LogP contribution is 2.33. The summed E-state index contributed by atoms with van der Waals surface area (Å²) in [6.07, 6.45) is -0.785. The first-order valence-corrected chi connectivity index (χ1v) is 13.7. The summed E-state index contributed by atoms with van der Waals surface area (Å²) in [5.41, 5.74) is -0.569. The van der Waals surface area contributed by atoms with Crippen LogP contribution in [0.15, 0.2) is 59.5 Å². The lowest BCUT2D eigenvalue weighted by molar-refractivity contribution is -0.387. The second-order valence-corrected chi connectivity index (χ2v) is 11.7. The number of sulfonamides is 1. The predicted molar refractivity (Wildman–Crippen MR) is 139 cm³/mol. The van der Waals surface area contributed by atoms with Crippen molar-refractivity contribution in [2.24, 2.45) is 0 Å². The molecule has 11 nitrogen and oxygen atoms in total. The van der Waals surface area contributed by atoms with Crippen molar-refractivity contribution in [2.75, 3.05) is 19.7 Å². The molecule has 1 fully saturated rings. The van der Waals surface area contributed by atoms with Gasteiger partial charge in [0, 0.05) is 19.2 Å². The molecule has 2 aromatic rings. The summed E-state index contributed by atoms with van der Waals surface area (Å²) >= 11 is 0. The van der Waals surface area contributed by atoms with Gasteiger partial charge in [-0.25, -0.2) is 13.2 Å². The molecule has 0 N–H and O–H groups in total. The van der Waals surface area contributed by atoms with Gasteiger partial charge >= 0.3 is 12.1 Å². The molecule has 1 aliphatic heterocycles. The van der Waals surface area contributed by atoms with Gasteiger partial charge in [-0.15, -0.1) is 0 Å². The Bertz CT molecular complexity index is 1260. The Morgan fingerprint density at radius 1 is 1.03 bits per heavy atom. The molecule has 0 radical (unpaired) electrons. The zero-order valence-electron chi connectivity index (χ0n) is 21.9. The number of para-hydroxylation sites is 1. The van der Waals surface area contributed by atoms with E-state index in [1.807, 2.05) is 30.3 Å². The average Bonchev–Trinajstić information content (AvgIpc) is 2.84. The average molecular weight is 548 g/mol. The van der Waals surface area contributed by atoms with Crippen LogP contribution < -0.4 is 0 Å². The molecule has 0 bridgehead atoms. The smallest absolute Gasteiger partial charge is 0.410 e. The van der Waals surface area contributed by atoms with Crippen LogP contribution in [0.1, 0.15) is 39.7 Å². The largest absolute Gasteiger partial charge is 0.466 e. The lowest BCUT2D eigenvalue weighted by Gasteiger charge is -2.46.